The number of hydrogen-bond acceptors (Lipinski definition) is 0. The molecule has 2 heterocycles. The molecule has 7 aromatic carbocycles. The van der Waals surface area contributed by atoms with Crippen molar-refractivity contribution in [2.45, 2.75) is 0 Å². The Morgan fingerprint density at radius 1 is 0.250 bits per heavy atom. The molecule has 0 aliphatic carbocycles. The van der Waals surface area contributed by atoms with Crippen molar-refractivity contribution in [2.24, 2.45) is 0 Å². The Balaban J connectivity index is 1.30. The van der Waals surface area contributed by atoms with Crippen molar-refractivity contribution in [1.29, 1.82) is 0 Å². The lowest BCUT2D eigenvalue weighted by molar-refractivity contribution is 1.16. The summed E-state index contributed by atoms with van der Waals surface area (Å²) in [7, 11) is 0. The molecule has 0 N–H and O–H groups in total. The van der Waals surface area contributed by atoms with Crippen molar-refractivity contribution in [3.8, 4) is 33.6 Å². The van der Waals surface area contributed by atoms with Crippen LogP contribution in [-0.4, -0.2) is 9.13 Å². The van der Waals surface area contributed by atoms with E-state index >= 15 is 0 Å². The molecule has 206 valence electrons. The predicted molar refractivity (Wildman–Crippen MR) is 186 cm³/mol. The van der Waals surface area contributed by atoms with Crippen molar-refractivity contribution in [3.05, 3.63) is 170 Å². The van der Waals surface area contributed by atoms with E-state index in [0.29, 0.717) is 0 Å². The summed E-state index contributed by atoms with van der Waals surface area (Å²) in [5, 5.41) is 5.06. The fourth-order valence-electron chi connectivity index (χ4n) is 6.90. The molecule has 9 rings (SSSR count). The van der Waals surface area contributed by atoms with E-state index in [1.807, 2.05) is 0 Å². The monoisotopic (exact) mass is 560 g/mol. The van der Waals surface area contributed by atoms with E-state index in [9.17, 15) is 0 Å². The topological polar surface area (TPSA) is 9.86 Å². The Bertz CT molecular complexity index is 2480. The van der Waals surface area contributed by atoms with Crippen LogP contribution in [0.25, 0.3) is 77.2 Å². The standard InChI is InChI=1S/C42H28N2/c1-3-13-29(14-4-1)30-15-11-16-31(25-30)32-17-12-20-34(26-32)44-40-24-10-8-22-36(40)38-27-37-35-21-7-9-23-39(35)43(41(37)28-42(38)44)33-18-5-2-6-19-33/h1-28H. The van der Waals surface area contributed by atoms with Gasteiger partial charge in [-0.2, -0.15) is 0 Å². The second-order valence-corrected chi connectivity index (χ2v) is 11.4. The minimum atomic E-state index is 1.15. The van der Waals surface area contributed by atoms with Gasteiger partial charge in [-0.15, -0.1) is 0 Å². The molecule has 0 bridgehead atoms. The third-order valence-corrected chi connectivity index (χ3v) is 8.89. The first-order valence-electron chi connectivity index (χ1n) is 15.1. The van der Waals surface area contributed by atoms with Gasteiger partial charge in [0, 0.05) is 32.9 Å². The molecule has 0 amide bonds. The third kappa shape index (κ3) is 3.82. The quantitative estimate of drug-likeness (QED) is 0.203. The van der Waals surface area contributed by atoms with Crippen LogP contribution in [0.2, 0.25) is 0 Å². The van der Waals surface area contributed by atoms with Crippen LogP contribution in [0.5, 0.6) is 0 Å². The maximum absolute atomic E-state index is 2.43. The number of nitrogens with zero attached hydrogens (tertiary/aromatic N) is 2. The van der Waals surface area contributed by atoms with Gasteiger partial charge in [0.2, 0.25) is 0 Å². The van der Waals surface area contributed by atoms with Gasteiger partial charge in [0.05, 0.1) is 22.1 Å². The van der Waals surface area contributed by atoms with Crippen LogP contribution in [0.4, 0.5) is 0 Å². The van der Waals surface area contributed by atoms with Crippen molar-refractivity contribution >= 4 is 43.6 Å². The zero-order chi connectivity index (χ0) is 29.0. The molecule has 0 unspecified atom stereocenters. The predicted octanol–water partition coefficient (Wildman–Crippen LogP) is 11.2. The van der Waals surface area contributed by atoms with Crippen molar-refractivity contribution in [1.82, 2.24) is 9.13 Å². The minimum Gasteiger partial charge on any atom is -0.309 e. The second kappa shape index (κ2) is 9.86. The minimum absolute atomic E-state index is 1.15. The first-order valence-corrected chi connectivity index (χ1v) is 15.1. The zero-order valence-electron chi connectivity index (χ0n) is 24.1. The summed E-state index contributed by atoms with van der Waals surface area (Å²) < 4.78 is 4.83. The number of aromatic nitrogens is 2. The fourth-order valence-corrected chi connectivity index (χ4v) is 6.90. The van der Waals surface area contributed by atoms with Gasteiger partial charge in [-0.25, -0.2) is 0 Å². The summed E-state index contributed by atoms with van der Waals surface area (Å²) in [5.74, 6) is 0. The van der Waals surface area contributed by atoms with Crippen LogP contribution in [0.15, 0.2) is 170 Å². The van der Waals surface area contributed by atoms with Gasteiger partial charge in [0.15, 0.2) is 0 Å². The lowest BCUT2D eigenvalue weighted by Gasteiger charge is -2.12. The highest BCUT2D eigenvalue weighted by Gasteiger charge is 2.18. The summed E-state index contributed by atoms with van der Waals surface area (Å²) >= 11 is 0. The second-order valence-electron chi connectivity index (χ2n) is 11.4. The molecular weight excluding hydrogens is 532 g/mol. The average molecular weight is 561 g/mol. The maximum Gasteiger partial charge on any atom is 0.0562 e. The molecule has 44 heavy (non-hydrogen) atoms. The van der Waals surface area contributed by atoms with Gasteiger partial charge < -0.3 is 9.13 Å². The van der Waals surface area contributed by atoms with E-state index < -0.39 is 0 Å². The van der Waals surface area contributed by atoms with Crippen LogP contribution in [0.3, 0.4) is 0 Å². The largest absolute Gasteiger partial charge is 0.309 e. The Kier molecular flexibility index (Phi) is 5.54. The molecule has 0 saturated heterocycles. The molecular formula is C42H28N2. The van der Waals surface area contributed by atoms with Crippen molar-refractivity contribution in [2.75, 3.05) is 0 Å². The van der Waals surface area contributed by atoms with Crippen LogP contribution in [0.1, 0.15) is 0 Å². The van der Waals surface area contributed by atoms with Crippen LogP contribution in [0, 0.1) is 0 Å². The SMILES string of the molecule is c1ccc(-c2cccc(-c3cccc(-n4c5ccccc5c5cc6c7ccccc7n(-c7ccccc7)c6cc54)c3)c2)cc1. The van der Waals surface area contributed by atoms with Crippen LogP contribution < -0.4 is 0 Å². The van der Waals surface area contributed by atoms with Gasteiger partial charge in [0.1, 0.15) is 0 Å². The number of benzene rings is 7. The number of para-hydroxylation sites is 3. The molecule has 2 aromatic heterocycles. The zero-order valence-corrected chi connectivity index (χ0v) is 24.1. The molecule has 0 saturated carbocycles. The lowest BCUT2D eigenvalue weighted by Crippen LogP contribution is -1.96. The smallest absolute Gasteiger partial charge is 0.0562 e. The highest BCUT2D eigenvalue weighted by Crippen LogP contribution is 2.40. The van der Waals surface area contributed by atoms with Gasteiger partial charge in [0.25, 0.3) is 0 Å². The summed E-state index contributed by atoms with van der Waals surface area (Å²) in [5.41, 5.74) is 12.0. The normalized spacial score (nSPS) is 11.6. The Hall–Kier alpha value is -5.86. The molecule has 0 atom stereocenters. The average Bonchev–Trinajstić information content (AvgIpc) is 3.60. The first-order chi connectivity index (χ1) is 21.8. The summed E-state index contributed by atoms with van der Waals surface area (Å²) in [4.78, 5) is 0. The Morgan fingerprint density at radius 2 is 0.705 bits per heavy atom. The fraction of sp³-hybridized carbons (Fsp3) is 0. The molecule has 0 aliphatic heterocycles. The number of fused-ring (bicyclic) bond motifs is 6. The van der Waals surface area contributed by atoms with E-state index in [1.54, 1.807) is 0 Å². The molecule has 0 fully saturated rings. The van der Waals surface area contributed by atoms with Crippen molar-refractivity contribution in [3.63, 3.8) is 0 Å². The molecule has 2 heteroatoms. The third-order valence-electron chi connectivity index (χ3n) is 8.89. The highest BCUT2D eigenvalue weighted by molar-refractivity contribution is 6.19. The Labute approximate surface area is 255 Å². The van der Waals surface area contributed by atoms with Crippen LogP contribution in [-0.2, 0) is 0 Å². The molecule has 0 radical (unpaired) electrons. The van der Waals surface area contributed by atoms with Gasteiger partial charge in [-0.1, -0.05) is 115 Å². The van der Waals surface area contributed by atoms with E-state index in [4.69, 9.17) is 0 Å². The maximum atomic E-state index is 2.43. The number of hydrogen-bond donors (Lipinski definition) is 0. The Morgan fingerprint density at radius 3 is 1.36 bits per heavy atom. The van der Waals surface area contributed by atoms with Gasteiger partial charge in [-0.3, -0.25) is 0 Å². The van der Waals surface area contributed by atoms with Gasteiger partial charge >= 0.3 is 0 Å². The number of rotatable bonds is 4. The van der Waals surface area contributed by atoms with Crippen LogP contribution >= 0.6 is 0 Å². The first kappa shape index (κ1) is 24.7. The molecule has 2 nitrogen and oxygen atoms in total. The van der Waals surface area contributed by atoms with Gasteiger partial charge in [-0.05, 0) is 76.9 Å². The van der Waals surface area contributed by atoms with E-state index in [2.05, 4.69) is 179 Å². The molecule has 9 aromatic rings. The van der Waals surface area contributed by atoms with Crippen molar-refractivity contribution < 1.29 is 0 Å². The van der Waals surface area contributed by atoms with E-state index in [0.717, 1.165) is 5.69 Å². The summed E-state index contributed by atoms with van der Waals surface area (Å²) in [6.45, 7) is 0. The summed E-state index contributed by atoms with van der Waals surface area (Å²) in [6.07, 6.45) is 0. The molecule has 0 aliphatic rings. The van der Waals surface area contributed by atoms with E-state index in [1.165, 1.54) is 71.6 Å². The lowest BCUT2D eigenvalue weighted by atomic mass is 9.99. The van der Waals surface area contributed by atoms with E-state index in [-0.39, 0.29) is 0 Å². The molecule has 0 spiro atoms. The summed E-state index contributed by atoms with van der Waals surface area (Å²) in [6, 6.07) is 61.4. The highest BCUT2D eigenvalue weighted by atomic mass is 15.0.